The van der Waals surface area contributed by atoms with E-state index in [4.69, 9.17) is 4.74 Å². The standard InChI is InChI=1S/C12H12N2O3/c15-11-7-6-10(13-14-11)12(16)17-8-9-4-2-1-3-5-9/h1-5H,6-8H2,(H,14,15). The van der Waals surface area contributed by atoms with E-state index in [9.17, 15) is 9.59 Å². The molecule has 0 radical (unpaired) electrons. The lowest BCUT2D eigenvalue weighted by Crippen LogP contribution is -2.30. The van der Waals surface area contributed by atoms with E-state index in [1.807, 2.05) is 30.3 Å². The van der Waals surface area contributed by atoms with Crippen molar-refractivity contribution in [3.63, 3.8) is 0 Å². The largest absolute Gasteiger partial charge is 0.456 e. The summed E-state index contributed by atoms with van der Waals surface area (Å²) in [4.78, 5) is 22.4. The summed E-state index contributed by atoms with van der Waals surface area (Å²) in [6.45, 7) is 0.215. The third-order valence-electron chi connectivity index (χ3n) is 2.35. The molecule has 0 atom stereocenters. The van der Waals surface area contributed by atoms with Gasteiger partial charge in [-0.3, -0.25) is 4.79 Å². The molecule has 5 nitrogen and oxygen atoms in total. The number of hydrazone groups is 1. The first kappa shape index (κ1) is 11.3. The average molecular weight is 232 g/mol. The summed E-state index contributed by atoms with van der Waals surface area (Å²) in [7, 11) is 0. The minimum Gasteiger partial charge on any atom is -0.456 e. The van der Waals surface area contributed by atoms with Gasteiger partial charge in [-0.25, -0.2) is 10.2 Å². The van der Waals surface area contributed by atoms with Crippen molar-refractivity contribution in [3.8, 4) is 0 Å². The van der Waals surface area contributed by atoms with Crippen LogP contribution in [0.25, 0.3) is 0 Å². The molecule has 1 aromatic rings. The van der Waals surface area contributed by atoms with E-state index in [-0.39, 0.29) is 24.6 Å². The van der Waals surface area contributed by atoms with Crippen LogP contribution in [0.5, 0.6) is 0 Å². The van der Waals surface area contributed by atoms with Crippen LogP contribution < -0.4 is 5.43 Å². The van der Waals surface area contributed by atoms with Gasteiger partial charge in [-0.1, -0.05) is 30.3 Å². The Bertz CT molecular complexity index is 454. The Labute approximate surface area is 98.5 Å². The number of nitrogens with one attached hydrogen (secondary N) is 1. The van der Waals surface area contributed by atoms with Gasteiger partial charge in [0.25, 0.3) is 0 Å². The third kappa shape index (κ3) is 3.14. The van der Waals surface area contributed by atoms with Crippen molar-refractivity contribution >= 4 is 17.6 Å². The Morgan fingerprint density at radius 1 is 1.29 bits per heavy atom. The molecule has 17 heavy (non-hydrogen) atoms. The number of carbonyl (C=O) groups is 2. The van der Waals surface area contributed by atoms with Crippen molar-refractivity contribution in [2.45, 2.75) is 19.4 Å². The molecule has 0 spiro atoms. The molecule has 1 aliphatic heterocycles. The van der Waals surface area contributed by atoms with E-state index >= 15 is 0 Å². The number of hydrogen-bond donors (Lipinski definition) is 1. The smallest absolute Gasteiger partial charge is 0.354 e. The fourth-order valence-electron chi connectivity index (χ4n) is 1.43. The van der Waals surface area contributed by atoms with Crippen molar-refractivity contribution < 1.29 is 14.3 Å². The van der Waals surface area contributed by atoms with Crippen LogP contribution in [0.15, 0.2) is 35.4 Å². The van der Waals surface area contributed by atoms with E-state index in [1.54, 1.807) is 0 Å². The quantitative estimate of drug-likeness (QED) is 0.790. The number of ether oxygens (including phenoxy) is 1. The van der Waals surface area contributed by atoms with E-state index < -0.39 is 5.97 Å². The van der Waals surface area contributed by atoms with Gasteiger partial charge in [0.15, 0.2) is 0 Å². The summed E-state index contributed by atoms with van der Waals surface area (Å²) >= 11 is 0. The normalized spacial score (nSPS) is 14.8. The van der Waals surface area contributed by atoms with Crippen LogP contribution in [0.4, 0.5) is 0 Å². The molecular formula is C12H12N2O3. The number of nitrogens with zero attached hydrogens (tertiary/aromatic N) is 1. The second kappa shape index (κ2) is 5.25. The Morgan fingerprint density at radius 2 is 2.06 bits per heavy atom. The van der Waals surface area contributed by atoms with Gasteiger partial charge in [0, 0.05) is 12.8 Å². The lowest BCUT2D eigenvalue weighted by atomic mass is 10.2. The Balaban J connectivity index is 1.88. The van der Waals surface area contributed by atoms with Crippen molar-refractivity contribution in [3.05, 3.63) is 35.9 Å². The summed E-state index contributed by atoms with van der Waals surface area (Å²) in [6.07, 6.45) is 0.610. The molecule has 2 rings (SSSR count). The van der Waals surface area contributed by atoms with Gasteiger partial charge in [0.05, 0.1) is 0 Å². The molecule has 1 N–H and O–H groups in total. The van der Waals surface area contributed by atoms with Crippen molar-refractivity contribution in [2.75, 3.05) is 0 Å². The predicted molar refractivity (Wildman–Crippen MR) is 61.0 cm³/mol. The molecule has 5 heteroatoms. The lowest BCUT2D eigenvalue weighted by molar-refractivity contribution is -0.137. The average Bonchev–Trinajstić information content (AvgIpc) is 2.38. The fourth-order valence-corrected chi connectivity index (χ4v) is 1.43. The number of esters is 1. The summed E-state index contributed by atoms with van der Waals surface area (Å²) in [5.41, 5.74) is 3.44. The van der Waals surface area contributed by atoms with Crippen molar-refractivity contribution in [1.29, 1.82) is 0 Å². The van der Waals surface area contributed by atoms with Gasteiger partial charge in [-0.15, -0.1) is 0 Å². The summed E-state index contributed by atoms with van der Waals surface area (Å²) in [6, 6.07) is 9.39. The second-order valence-corrected chi connectivity index (χ2v) is 3.66. The van der Waals surface area contributed by atoms with E-state index in [1.165, 1.54) is 0 Å². The first-order valence-electron chi connectivity index (χ1n) is 5.32. The van der Waals surface area contributed by atoms with Gasteiger partial charge in [-0.05, 0) is 5.56 Å². The number of carbonyl (C=O) groups excluding carboxylic acids is 2. The van der Waals surface area contributed by atoms with Gasteiger partial charge >= 0.3 is 5.97 Å². The van der Waals surface area contributed by atoms with Crippen LogP contribution in [0.2, 0.25) is 0 Å². The number of rotatable bonds is 3. The molecule has 0 saturated heterocycles. The van der Waals surface area contributed by atoms with Crippen LogP contribution >= 0.6 is 0 Å². The highest BCUT2D eigenvalue weighted by atomic mass is 16.5. The van der Waals surface area contributed by atoms with E-state index in [0.29, 0.717) is 6.42 Å². The maximum atomic E-state index is 11.6. The van der Waals surface area contributed by atoms with Gasteiger partial charge in [-0.2, -0.15) is 5.10 Å². The number of benzene rings is 1. The molecule has 0 saturated carbocycles. The molecule has 0 bridgehead atoms. The van der Waals surface area contributed by atoms with Gasteiger partial charge < -0.3 is 4.74 Å². The molecule has 88 valence electrons. The molecule has 1 aromatic carbocycles. The Kier molecular flexibility index (Phi) is 3.49. The molecule has 0 aliphatic carbocycles. The molecular weight excluding hydrogens is 220 g/mol. The highest BCUT2D eigenvalue weighted by Crippen LogP contribution is 2.05. The third-order valence-corrected chi connectivity index (χ3v) is 2.35. The zero-order chi connectivity index (χ0) is 12.1. The lowest BCUT2D eigenvalue weighted by Gasteiger charge is -2.11. The Hall–Kier alpha value is -2.17. The van der Waals surface area contributed by atoms with Crippen LogP contribution in [0, 0.1) is 0 Å². The monoisotopic (exact) mass is 232 g/mol. The SMILES string of the molecule is O=C1CCC(C(=O)OCc2ccccc2)=NN1. The zero-order valence-corrected chi connectivity index (χ0v) is 9.18. The van der Waals surface area contributed by atoms with Crippen LogP contribution in [0.3, 0.4) is 0 Å². The van der Waals surface area contributed by atoms with Crippen LogP contribution in [0.1, 0.15) is 18.4 Å². The molecule has 0 unspecified atom stereocenters. The minimum absolute atomic E-state index is 0.176. The Morgan fingerprint density at radius 3 is 2.71 bits per heavy atom. The molecule has 1 aliphatic rings. The summed E-state index contributed by atoms with van der Waals surface area (Å²) in [5.74, 6) is -0.654. The minimum atomic E-state index is -0.478. The highest BCUT2D eigenvalue weighted by molar-refractivity contribution is 6.37. The summed E-state index contributed by atoms with van der Waals surface area (Å²) < 4.78 is 5.08. The molecule has 1 heterocycles. The first-order chi connectivity index (χ1) is 8.25. The van der Waals surface area contributed by atoms with E-state index in [0.717, 1.165) is 5.56 Å². The highest BCUT2D eigenvalue weighted by Gasteiger charge is 2.19. The number of hydrogen-bond acceptors (Lipinski definition) is 4. The van der Waals surface area contributed by atoms with Crippen LogP contribution in [-0.4, -0.2) is 17.6 Å². The molecule has 1 amide bonds. The van der Waals surface area contributed by atoms with Gasteiger partial charge in [0.1, 0.15) is 12.3 Å². The van der Waals surface area contributed by atoms with Gasteiger partial charge in [0.2, 0.25) is 5.91 Å². The fraction of sp³-hybridized carbons (Fsp3) is 0.250. The maximum Gasteiger partial charge on any atom is 0.354 e. The zero-order valence-electron chi connectivity index (χ0n) is 9.18. The summed E-state index contributed by atoms with van der Waals surface area (Å²) in [5, 5.41) is 3.67. The molecule has 0 fully saturated rings. The van der Waals surface area contributed by atoms with E-state index in [2.05, 4.69) is 10.5 Å². The van der Waals surface area contributed by atoms with Crippen LogP contribution in [-0.2, 0) is 20.9 Å². The topological polar surface area (TPSA) is 67.8 Å². The maximum absolute atomic E-state index is 11.6. The van der Waals surface area contributed by atoms with Crippen molar-refractivity contribution in [2.24, 2.45) is 5.10 Å². The first-order valence-corrected chi connectivity index (χ1v) is 5.32. The second-order valence-electron chi connectivity index (χ2n) is 3.66. The number of amides is 1. The molecule has 0 aromatic heterocycles. The van der Waals surface area contributed by atoms with Crippen molar-refractivity contribution in [1.82, 2.24) is 5.43 Å². The predicted octanol–water partition coefficient (Wildman–Crippen LogP) is 0.996.